The Morgan fingerprint density at radius 1 is 1.31 bits per heavy atom. The molecule has 2 saturated heterocycles. The Bertz CT molecular complexity index is 757. The van der Waals surface area contributed by atoms with E-state index >= 15 is 0 Å². The number of hydrogen-bond acceptors (Lipinski definition) is 6. The first-order chi connectivity index (χ1) is 12.2. The van der Waals surface area contributed by atoms with Crippen LogP contribution in [0.4, 0.5) is 0 Å². The molecule has 2 fully saturated rings. The van der Waals surface area contributed by atoms with Gasteiger partial charge in [-0.15, -0.1) is 24.2 Å². The zero-order valence-electron chi connectivity index (χ0n) is 14.6. The minimum atomic E-state index is 0. The third kappa shape index (κ3) is 4.39. The molecule has 2 atom stereocenters. The number of amides is 1. The SMILES string of the molecule is Cc1noc(CSc2ccccc2C(=O)NC2CC3CCC(C2)N3)n1.Cl. The second kappa shape index (κ2) is 8.41. The maximum atomic E-state index is 12.8. The van der Waals surface area contributed by atoms with E-state index in [2.05, 4.69) is 20.8 Å². The van der Waals surface area contributed by atoms with E-state index in [1.807, 2.05) is 24.3 Å². The van der Waals surface area contributed by atoms with E-state index in [9.17, 15) is 4.79 Å². The summed E-state index contributed by atoms with van der Waals surface area (Å²) in [6.45, 7) is 1.80. The number of nitrogens with one attached hydrogen (secondary N) is 2. The highest BCUT2D eigenvalue weighted by Gasteiger charge is 2.34. The number of fused-ring (bicyclic) bond motifs is 2. The van der Waals surface area contributed by atoms with Crippen molar-refractivity contribution in [2.75, 3.05) is 0 Å². The van der Waals surface area contributed by atoms with Crippen LogP contribution >= 0.6 is 24.2 Å². The van der Waals surface area contributed by atoms with Gasteiger partial charge in [-0.2, -0.15) is 4.98 Å². The molecule has 1 aromatic carbocycles. The van der Waals surface area contributed by atoms with E-state index in [1.54, 1.807) is 18.7 Å². The fourth-order valence-corrected chi connectivity index (χ4v) is 4.64. The van der Waals surface area contributed by atoms with Gasteiger partial charge < -0.3 is 15.2 Å². The van der Waals surface area contributed by atoms with Gasteiger partial charge in [0.25, 0.3) is 5.91 Å². The van der Waals surface area contributed by atoms with Gasteiger partial charge in [-0.25, -0.2) is 0 Å². The highest BCUT2D eigenvalue weighted by molar-refractivity contribution is 7.98. The van der Waals surface area contributed by atoms with Gasteiger partial charge in [-0.1, -0.05) is 17.3 Å². The molecule has 1 amide bonds. The summed E-state index contributed by atoms with van der Waals surface area (Å²) >= 11 is 1.55. The van der Waals surface area contributed by atoms with Gasteiger partial charge in [-0.3, -0.25) is 4.79 Å². The molecule has 2 aromatic rings. The number of nitrogens with zero attached hydrogens (tertiary/aromatic N) is 2. The van der Waals surface area contributed by atoms with Gasteiger partial charge in [0.05, 0.1) is 11.3 Å². The molecule has 140 valence electrons. The molecule has 0 spiro atoms. The number of aryl methyl sites for hydroxylation is 1. The molecule has 2 aliphatic rings. The smallest absolute Gasteiger partial charge is 0.252 e. The predicted octanol–water partition coefficient (Wildman–Crippen LogP) is 3.10. The summed E-state index contributed by atoms with van der Waals surface area (Å²) in [7, 11) is 0. The molecule has 26 heavy (non-hydrogen) atoms. The monoisotopic (exact) mass is 394 g/mol. The van der Waals surface area contributed by atoms with Crippen LogP contribution < -0.4 is 10.6 Å². The maximum absolute atomic E-state index is 12.8. The Morgan fingerprint density at radius 2 is 2.04 bits per heavy atom. The number of piperidine rings is 1. The van der Waals surface area contributed by atoms with Crippen LogP contribution in [0.1, 0.15) is 47.8 Å². The zero-order chi connectivity index (χ0) is 17.2. The topological polar surface area (TPSA) is 80.0 Å². The van der Waals surface area contributed by atoms with Gasteiger partial charge in [0.15, 0.2) is 5.82 Å². The molecular weight excluding hydrogens is 372 g/mol. The van der Waals surface area contributed by atoms with E-state index in [0.717, 1.165) is 23.3 Å². The minimum absolute atomic E-state index is 0. The Balaban J connectivity index is 0.00000196. The fraction of sp³-hybridized carbons (Fsp3) is 0.500. The molecule has 8 heteroatoms. The Labute approximate surface area is 163 Å². The normalized spacial score (nSPS) is 24.1. The molecule has 2 bridgehead atoms. The van der Waals surface area contributed by atoms with Gasteiger partial charge >= 0.3 is 0 Å². The van der Waals surface area contributed by atoms with Crippen LogP contribution in [0.3, 0.4) is 0 Å². The van der Waals surface area contributed by atoms with Crippen molar-refractivity contribution in [3.63, 3.8) is 0 Å². The first kappa shape index (κ1) is 19.2. The number of aromatic nitrogens is 2. The Kier molecular flexibility index (Phi) is 6.21. The molecular formula is C18H23ClN4O2S. The van der Waals surface area contributed by atoms with Crippen LogP contribution in [0.2, 0.25) is 0 Å². The van der Waals surface area contributed by atoms with Crippen molar-refractivity contribution in [3.05, 3.63) is 41.5 Å². The quantitative estimate of drug-likeness (QED) is 0.758. The van der Waals surface area contributed by atoms with E-state index in [1.165, 1.54) is 12.8 Å². The van der Waals surface area contributed by atoms with Gasteiger partial charge in [-0.05, 0) is 44.7 Å². The lowest BCUT2D eigenvalue weighted by molar-refractivity contribution is 0.0921. The van der Waals surface area contributed by atoms with Gasteiger partial charge in [0.1, 0.15) is 0 Å². The number of carbonyl (C=O) groups is 1. The molecule has 3 heterocycles. The van der Waals surface area contributed by atoms with Crippen LogP contribution in [-0.4, -0.2) is 34.2 Å². The molecule has 0 radical (unpaired) electrons. The number of hydrogen-bond donors (Lipinski definition) is 2. The molecule has 2 N–H and O–H groups in total. The lowest BCUT2D eigenvalue weighted by atomic mass is 9.99. The Morgan fingerprint density at radius 3 is 2.73 bits per heavy atom. The van der Waals surface area contributed by atoms with Crippen LogP contribution in [0, 0.1) is 6.92 Å². The fourth-order valence-electron chi connectivity index (χ4n) is 3.76. The van der Waals surface area contributed by atoms with Crippen molar-refractivity contribution < 1.29 is 9.32 Å². The van der Waals surface area contributed by atoms with Crippen molar-refractivity contribution in [2.45, 2.75) is 61.4 Å². The van der Waals surface area contributed by atoms with E-state index in [-0.39, 0.29) is 24.4 Å². The van der Waals surface area contributed by atoms with Gasteiger partial charge in [0.2, 0.25) is 5.89 Å². The first-order valence-electron chi connectivity index (χ1n) is 8.75. The van der Waals surface area contributed by atoms with Crippen LogP contribution in [0.15, 0.2) is 33.7 Å². The van der Waals surface area contributed by atoms with Crippen molar-refractivity contribution in [2.24, 2.45) is 0 Å². The molecule has 0 aliphatic carbocycles. The molecule has 6 nitrogen and oxygen atoms in total. The number of halogens is 1. The Hall–Kier alpha value is -1.57. The lowest BCUT2D eigenvalue weighted by Crippen LogP contribution is -2.48. The second-order valence-electron chi connectivity index (χ2n) is 6.80. The van der Waals surface area contributed by atoms with Crippen molar-refractivity contribution in [1.29, 1.82) is 0 Å². The van der Waals surface area contributed by atoms with Crippen LogP contribution in [0.25, 0.3) is 0 Å². The van der Waals surface area contributed by atoms with E-state index in [0.29, 0.717) is 29.6 Å². The van der Waals surface area contributed by atoms with Crippen LogP contribution in [0.5, 0.6) is 0 Å². The predicted molar refractivity (Wildman–Crippen MR) is 103 cm³/mol. The number of carbonyl (C=O) groups excluding carboxylic acids is 1. The summed E-state index contributed by atoms with van der Waals surface area (Å²) in [6, 6.07) is 9.10. The van der Waals surface area contributed by atoms with Crippen molar-refractivity contribution in [1.82, 2.24) is 20.8 Å². The number of benzene rings is 1. The van der Waals surface area contributed by atoms with E-state index < -0.39 is 0 Å². The standard InChI is InChI=1S/C18H22N4O2S.ClH/c1-11-19-17(24-22-11)10-25-16-5-3-2-4-15(16)18(23)21-14-8-12-6-7-13(9-14)20-12;/h2-5,12-14,20H,6-10H2,1H3,(H,21,23);1H. The number of thioether (sulfide) groups is 1. The van der Waals surface area contributed by atoms with Gasteiger partial charge in [0, 0.05) is 23.0 Å². The molecule has 0 saturated carbocycles. The van der Waals surface area contributed by atoms with Crippen LogP contribution in [-0.2, 0) is 5.75 Å². The average molecular weight is 395 g/mol. The lowest BCUT2D eigenvalue weighted by Gasteiger charge is -2.29. The first-order valence-corrected chi connectivity index (χ1v) is 9.74. The third-order valence-corrected chi connectivity index (χ3v) is 5.92. The largest absolute Gasteiger partial charge is 0.349 e. The van der Waals surface area contributed by atoms with Crippen molar-refractivity contribution >= 4 is 30.1 Å². The third-order valence-electron chi connectivity index (χ3n) is 4.86. The van der Waals surface area contributed by atoms with E-state index in [4.69, 9.17) is 4.52 Å². The summed E-state index contributed by atoms with van der Waals surface area (Å²) in [5.41, 5.74) is 0.717. The molecule has 2 unspecified atom stereocenters. The zero-order valence-corrected chi connectivity index (χ0v) is 16.2. The summed E-state index contributed by atoms with van der Waals surface area (Å²) in [4.78, 5) is 17.9. The minimum Gasteiger partial charge on any atom is -0.349 e. The maximum Gasteiger partial charge on any atom is 0.252 e. The average Bonchev–Trinajstić information content (AvgIpc) is 3.18. The highest BCUT2D eigenvalue weighted by Crippen LogP contribution is 2.29. The summed E-state index contributed by atoms with van der Waals surface area (Å²) < 4.78 is 5.15. The van der Waals surface area contributed by atoms with Crippen molar-refractivity contribution in [3.8, 4) is 0 Å². The number of rotatable bonds is 5. The molecule has 4 rings (SSSR count). The summed E-state index contributed by atoms with van der Waals surface area (Å²) in [6.07, 6.45) is 4.51. The molecule has 2 aliphatic heterocycles. The second-order valence-corrected chi connectivity index (χ2v) is 7.82. The summed E-state index contributed by atoms with van der Waals surface area (Å²) in [5, 5.41) is 10.6. The highest BCUT2D eigenvalue weighted by atomic mass is 35.5. The molecule has 1 aromatic heterocycles. The summed E-state index contributed by atoms with van der Waals surface area (Å²) in [5.74, 6) is 1.77.